The van der Waals surface area contributed by atoms with E-state index < -0.39 is 0 Å². The number of furan rings is 1. The normalized spacial score (nSPS) is 11.7. The number of hydrogen-bond acceptors (Lipinski definition) is 4. The first-order chi connectivity index (χ1) is 24.3. The number of rotatable bonds is 5. The molecule has 0 radical (unpaired) electrons. The van der Waals surface area contributed by atoms with E-state index in [0.29, 0.717) is 5.95 Å². The third-order valence-corrected chi connectivity index (χ3v) is 9.38. The van der Waals surface area contributed by atoms with Crippen LogP contribution in [0.2, 0.25) is 0 Å². The number of fused-ring (bicyclic) bond motifs is 8. The largest absolute Gasteiger partial charge is 0.456 e. The number of benzene rings is 7. The van der Waals surface area contributed by atoms with Crippen LogP contribution in [0.25, 0.3) is 71.9 Å². The third-order valence-electron chi connectivity index (χ3n) is 9.38. The SMILES string of the molecule is c1ccc(-c2nc(-n3c4ccccc4c4cc(N(c5ccccc5)c5ccccc5)ccc43)nc3ccc4oc5ccccc5c4c23)cc1. The van der Waals surface area contributed by atoms with Crippen LogP contribution < -0.4 is 4.90 Å². The van der Waals surface area contributed by atoms with Crippen molar-refractivity contribution in [2.45, 2.75) is 0 Å². The monoisotopic (exact) mass is 628 g/mol. The molecule has 230 valence electrons. The molecule has 0 amide bonds. The minimum atomic E-state index is 0.625. The van der Waals surface area contributed by atoms with E-state index in [1.807, 2.05) is 24.3 Å². The number of anilines is 3. The van der Waals surface area contributed by atoms with Crippen LogP contribution in [0.15, 0.2) is 174 Å². The molecule has 0 aliphatic carbocycles. The maximum absolute atomic E-state index is 6.30. The van der Waals surface area contributed by atoms with Crippen molar-refractivity contribution in [1.29, 1.82) is 0 Å². The lowest BCUT2D eigenvalue weighted by atomic mass is 10.0. The summed E-state index contributed by atoms with van der Waals surface area (Å²) in [6, 6.07) is 58.9. The van der Waals surface area contributed by atoms with Gasteiger partial charge in [0.1, 0.15) is 11.2 Å². The van der Waals surface area contributed by atoms with Crippen molar-refractivity contribution in [3.63, 3.8) is 0 Å². The summed E-state index contributed by atoms with van der Waals surface area (Å²) in [4.78, 5) is 13.0. The number of nitrogens with zero attached hydrogens (tertiary/aromatic N) is 4. The molecule has 3 aromatic heterocycles. The molecule has 0 fully saturated rings. The fraction of sp³-hybridized carbons (Fsp3) is 0. The first kappa shape index (κ1) is 27.4. The van der Waals surface area contributed by atoms with Crippen LogP contribution in [0, 0.1) is 0 Å². The Balaban J connectivity index is 1.25. The fourth-order valence-corrected chi connectivity index (χ4v) is 7.25. The summed E-state index contributed by atoms with van der Waals surface area (Å²) >= 11 is 0. The Morgan fingerprint density at radius 3 is 1.84 bits per heavy atom. The third kappa shape index (κ3) is 4.33. The van der Waals surface area contributed by atoms with Crippen molar-refractivity contribution < 1.29 is 4.42 Å². The highest BCUT2D eigenvalue weighted by Gasteiger charge is 2.22. The van der Waals surface area contributed by atoms with E-state index in [2.05, 4.69) is 155 Å². The lowest BCUT2D eigenvalue weighted by Crippen LogP contribution is -2.09. The quantitative estimate of drug-likeness (QED) is 0.190. The molecular formula is C44H28N4O. The van der Waals surface area contributed by atoms with Gasteiger partial charge in [-0.25, -0.2) is 9.97 Å². The van der Waals surface area contributed by atoms with E-state index in [4.69, 9.17) is 14.4 Å². The van der Waals surface area contributed by atoms with E-state index >= 15 is 0 Å². The molecule has 3 heterocycles. The van der Waals surface area contributed by atoms with Gasteiger partial charge in [0.25, 0.3) is 0 Å². The zero-order chi connectivity index (χ0) is 32.3. The molecule has 5 nitrogen and oxygen atoms in total. The molecule has 10 rings (SSSR count). The topological polar surface area (TPSA) is 47.1 Å². The van der Waals surface area contributed by atoms with Gasteiger partial charge in [-0.05, 0) is 66.7 Å². The van der Waals surface area contributed by atoms with Crippen LogP contribution in [-0.4, -0.2) is 14.5 Å². The van der Waals surface area contributed by atoms with Gasteiger partial charge in [-0.2, -0.15) is 0 Å². The van der Waals surface area contributed by atoms with Gasteiger partial charge >= 0.3 is 0 Å². The Morgan fingerprint density at radius 1 is 0.449 bits per heavy atom. The summed E-state index contributed by atoms with van der Waals surface area (Å²) in [6.07, 6.45) is 0. The van der Waals surface area contributed by atoms with E-state index in [-0.39, 0.29) is 0 Å². The van der Waals surface area contributed by atoms with Crippen LogP contribution in [-0.2, 0) is 0 Å². The zero-order valence-electron chi connectivity index (χ0n) is 26.4. The molecule has 0 saturated heterocycles. The molecule has 0 saturated carbocycles. The highest BCUT2D eigenvalue weighted by atomic mass is 16.3. The van der Waals surface area contributed by atoms with Gasteiger partial charge < -0.3 is 9.32 Å². The van der Waals surface area contributed by atoms with Crippen LogP contribution in [0.3, 0.4) is 0 Å². The van der Waals surface area contributed by atoms with Crippen molar-refractivity contribution in [3.8, 4) is 17.2 Å². The summed E-state index contributed by atoms with van der Waals surface area (Å²) < 4.78 is 8.50. The highest BCUT2D eigenvalue weighted by molar-refractivity contribution is 6.21. The second-order valence-electron chi connectivity index (χ2n) is 12.2. The van der Waals surface area contributed by atoms with Crippen molar-refractivity contribution in [1.82, 2.24) is 14.5 Å². The summed E-state index contributed by atoms with van der Waals surface area (Å²) in [7, 11) is 0. The maximum atomic E-state index is 6.30. The Bertz CT molecular complexity index is 2780. The number of hydrogen-bond donors (Lipinski definition) is 0. The van der Waals surface area contributed by atoms with Gasteiger partial charge in [-0.3, -0.25) is 4.57 Å². The number of aromatic nitrogens is 3. The average molecular weight is 629 g/mol. The maximum Gasteiger partial charge on any atom is 0.235 e. The Labute approximate surface area is 281 Å². The van der Waals surface area contributed by atoms with E-state index in [9.17, 15) is 0 Å². The molecule has 10 aromatic rings. The molecule has 49 heavy (non-hydrogen) atoms. The lowest BCUT2D eigenvalue weighted by molar-refractivity contribution is 0.669. The van der Waals surface area contributed by atoms with Gasteiger partial charge in [0.05, 0.1) is 22.2 Å². The first-order valence-electron chi connectivity index (χ1n) is 16.4. The molecule has 0 spiro atoms. The molecular weight excluding hydrogens is 601 g/mol. The van der Waals surface area contributed by atoms with Gasteiger partial charge in [0, 0.05) is 49.6 Å². The van der Waals surface area contributed by atoms with E-state index in [1.54, 1.807) is 0 Å². The van der Waals surface area contributed by atoms with Crippen LogP contribution in [0.1, 0.15) is 0 Å². The smallest absolute Gasteiger partial charge is 0.235 e. The average Bonchev–Trinajstić information content (AvgIpc) is 3.71. The molecule has 7 aromatic carbocycles. The standard InChI is InChI=1S/C44H28N4O/c1-4-14-29(15-5-1)43-42-36(25-27-40-41(42)34-21-11-13-23-39(34)49-40)45-44(46-43)48-37-22-12-10-20-33(37)35-28-32(24-26-38(35)48)47(30-16-6-2-7-17-30)31-18-8-3-9-19-31/h1-28H. The Kier molecular flexibility index (Phi) is 6.11. The van der Waals surface area contributed by atoms with Crippen molar-refractivity contribution >= 4 is 71.7 Å². The Morgan fingerprint density at radius 2 is 1.08 bits per heavy atom. The highest BCUT2D eigenvalue weighted by Crippen LogP contribution is 2.42. The fourth-order valence-electron chi connectivity index (χ4n) is 7.25. The minimum absolute atomic E-state index is 0.625. The second-order valence-corrected chi connectivity index (χ2v) is 12.2. The summed E-state index contributed by atoms with van der Waals surface area (Å²) in [5.74, 6) is 0.625. The molecule has 5 heteroatoms. The van der Waals surface area contributed by atoms with Crippen molar-refractivity contribution in [2.75, 3.05) is 4.90 Å². The number of para-hydroxylation sites is 4. The van der Waals surface area contributed by atoms with Crippen LogP contribution in [0.5, 0.6) is 0 Å². The predicted molar refractivity (Wildman–Crippen MR) is 201 cm³/mol. The molecule has 0 aliphatic rings. The lowest BCUT2D eigenvalue weighted by Gasteiger charge is -2.25. The molecule has 0 atom stereocenters. The summed E-state index contributed by atoms with van der Waals surface area (Å²) in [6.45, 7) is 0. The molecule has 0 unspecified atom stereocenters. The van der Waals surface area contributed by atoms with Gasteiger partial charge in [-0.15, -0.1) is 0 Å². The second kappa shape index (κ2) is 10.9. The van der Waals surface area contributed by atoms with Gasteiger partial charge in [0.15, 0.2) is 0 Å². The predicted octanol–water partition coefficient (Wildman–Crippen LogP) is 11.8. The zero-order valence-corrected chi connectivity index (χ0v) is 26.4. The van der Waals surface area contributed by atoms with E-state index in [1.165, 1.54) is 0 Å². The molecule has 0 N–H and O–H groups in total. The molecule has 0 aliphatic heterocycles. The molecule has 0 bridgehead atoms. The summed E-state index contributed by atoms with van der Waals surface area (Å²) in [5, 5.41) is 5.35. The minimum Gasteiger partial charge on any atom is -0.456 e. The Hall–Kier alpha value is -6.72. The van der Waals surface area contributed by atoms with Crippen molar-refractivity contribution in [3.05, 3.63) is 170 Å². The first-order valence-corrected chi connectivity index (χ1v) is 16.4. The van der Waals surface area contributed by atoms with Crippen LogP contribution >= 0.6 is 0 Å². The van der Waals surface area contributed by atoms with Gasteiger partial charge in [-0.1, -0.05) is 103 Å². The summed E-state index contributed by atoms with van der Waals surface area (Å²) in [5.41, 5.74) is 9.81. The van der Waals surface area contributed by atoms with Gasteiger partial charge in [0.2, 0.25) is 5.95 Å². The van der Waals surface area contributed by atoms with Crippen LogP contribution in [0.4, 0.5) is 17.1 Å². The van der Waals surface area contributed by atoms with Crippen molar-refractivity contribution in [2.24, 2.45) is 0 Å². The van der Waals surface area contributed by atoms with E-state index in [0.717, 1.165) is 83.0 Å².